The van der Waals surface area contributed by atoms with Gasteiger partial charge in [0, 0.05) is 33.4 Å². The third-order valence-electron chi connectivity index (χ3n) is 9.17. The Kier molecular flexibility index (Phi) is 8.81. The quantitative estimate of drug-likeness (QED) is 0.158. The summed E-state index contributed by atoms with van der Waals surface area (Å²) in [5.74, 6) is 3.68. The summed E-state index contributed by atoms with van der Waals surface area (Å²) in [5.41, 5.74) is 9.75. The molecule has 6 nitrogen and oxygen atoms in total. The van der Waals surface area contributed by atoms with Gasteiger partial charge >= 0.3 is 0 Å². The molecule has 0 fully saturated rings. The average molecular weight is 693 g/mol. The van der Waals surface area contributed by atoms with Crippen molar-refractivity contribution in [3.63, 3.8) is 0 Å². The molecule has 0 spiro atoms. The van der Waals surface area contributed by atoms with Gasteiger partial charge in [-0.3, -0.25) is 0 Å². The van der Waals surface area contributed by atoms with Crippen LogP contribution in [0.2, 0.25) is 0 Å². The lowest BCUT2D eigenvalue weighted by atomic mass is 10.00. The molecule has 0 saturated heterocycles. The highest BCUT2D eigenvalue weighted by Crippen LogP contribution is 2.32. The van der Waals surface area contributed by atoms with E-state index in [0.29, 0.717) is 34.9 Å². The largest absolute Gasteiger partial charge is 0.208 e. The van der Waals surface area contributed by atoms with Crippen molar-refractivity contribution in [3.05, 3.63) is 194 Å². The molecule has 0 unspecified atom stereocenters. The molecule has 0 amide bonds. The lowest BCUT2D eigenvalue weighted by molar-refractivity contribution is 1.07. The minimum atomic E-state index is 0.597. The summed E-state index contributed by atoms with van der Waals surface area (Å²) in [6, 6.07) is 65.4. The van der Waals surface area contributed by atoms with Crippen molar-refractivity contribution >= 4 is 0 Å². The summed E-state index contributed by atoms with van der Waals surface area (Å²) in [5, 5.41) is 0. The molecule has 54 heavy (non-hydrogen) atoms. The van der Waals surface area contributed by atoms with Crippen molar-refractivity contribution in [3.8, 4) is 90.6 Å². The monoisotopic (exact) mass is 692 g/mol. The van der Waals surface area contributed by atoms with Crippen LogP contribution in [0, 0.1) is 0 Å². The smallest absolute Gasteiger partial charge is 0.164 e. The third kappa shape index (κ3) is 6.92. The summed E-state index contributed by atoms with van der Waals surface area (Å²) < 4.78 is 0. The van der Waals surface area contributed by atoms with Crippen LogP contribution in [-0.4, -0.2) is 29.9 Å². The molecule has 6 heteroatoms. The molecule has 254 valence electrons. The fourth-order valence-electron chi connectivity index (χ4n) is 6.43. The first-order valence-electron chi connectivity index (χ1n) is 17.8. The maximum Gasteiger partial charge on any atom is 0.164 e. The highest BCUT2D eigenvalue weighted by Gasteiger charge is 2.16. The minimum Gasteiger partial charge on any atom is -0.208 e. The standard InChI is InChI=1S/C48H32N6/c1-5-16-33(17-6-1)37-24-13-27-40(30-37)47-52-45(36-22-11-4-12-23-36)53-48(54-47)42-29-15-26-39(32-42)38-25-14-28-41(31-38)46-50-43(34-18-7-2-8-19-34)49-44(51-46)35-20-9-3-10-21-35/h1-32H. The molecule has 0 aliphatic heterocycles. The van der Waals surface area contributed by atoms with Crippen LogP contribution in [0.15, 0.2) is 194 Å². The Morgan fingerprint density at radius 2 is 0.370 bits per heavy atom. The minimum absolute atomic E-state index is 0.597. The van der Waals surface area contributed by atoms with E-state index >= 15 is 0 Å². The fraction of sp³-hybridized carbons (Fsp3) is 0. The number of hydrogen-bond donors (Lipinski definition) is 0. The van der Waals surface area contributed by atoms with Gasteiger partial charge in [0.1, 0.15) is 0 Å². The Hall–Kier alpha value is -7.44. The first-order valence-corrected chi connectivity index (χ1v) is 17.8. The zero-order valence-corrected chi connectivity index (χ0v) is 29.2. The van der Waals surface area contributed by atoms with Crippen molar-refractivity contribution in [2.75, 3.05) is 0 Å². The molecule has 2 heterocycles. The van der Waals surface area contributed by atoms with Crippen LogP contribution in [0.4, 0.5) is 0 Å². The van der Waals surface area contributed by atoms with Gasteiger partial charge in [0.2, 0.25) is 0 Å². The van der Waals surface area contributed by atoms with E-state index in [2.05, 4.69) is 60.7 Å². The second-order valence-corrected chi connectivity index (χ2v) is 12.8. The normalized spacial score (nSPS) is 11.0. The predicted molar refractivity (Wildman–Crippen MR) is 217 cm³/mol. The lowest BCUT2D eigenvalue weighted by Gasteiger charge is -2.11. The molecule has 0 aliphatic rings. The Balaban J connectivity index is 1.12. The van der Waals surface area contributed by atoms with Gasteiger partial charge in [0.15, 0.2) is 34.9 Å². The van der Waals surface area contributed by atoms with Gasteiger partial charge in [0.05, 0.1) is 0 Å². The number of nitrogens with zero attached hydrogens (tertiary/aromatic N) is 6. The summed E-state index contributed by atoms with van der Waals surface area (Å²) in [7, 11) is 0. The van der Waals surface area contributed by atoms with Crippen molar-refractivity contribution < 1.29 is 0 Å². The molecule has 0 N–H and O–H groups in total. The van der Waals surface area contributed by atoms with Gasteiger partial charge in [-0.05, 0) is 40.5 Å². The fourth-order valence-corrected chi connectivity index (χ4v) is 6.43. The SMILES string of the molecule is c1ccc(-c2cccc(-c3nc(-c4ccccc4)nc(-c4cccc(-c5cccc(-c6nc(-c7ccccc7)nc(-c7ccccc7)n6)c5)c4)n3)c2)cc1. The molecule has 9 aromatic rings. The van der Waals surface area contributed by atoms with Crippen LogP contribution >= 0.6 is 0 Å². The van der Waals surface area contributed by atoms with E-state index in [1.54, 1.807) is 0 Å². The van der Waals surface area contributed by atoms with E-state index in [4.69, 9.17) is 29.9 Å². The van der Waals surface area contributed by atoms with Crippen molar-refractivity contribution in [1.29, 1.82) is 0 Å². The molecule has 0 atom stereocenters. The maximum absolute atomic E-state index is 5.06. The highest BCUT2D eigenvalue weighted by atomic mass is 15.0. The first-order chi connectivity index (χ1) is 26.7. The zero-order valence-electron chi connectivity index (χ0n) is 29.2. The van der Waals surface area contributed by atoms with E-state index in [9.17, 15) is 0 Å². The van der Waals surface area contributed by atoms with Gasteiger partial charge in [0.25, 0.3) is 0 Å². The molecule has 2 aromatic heterocycles. The molecule has 0 aliphatic carbocycles. The van der Waals surface area contributed by atoms with Crippen LogP contribution in [-0.2, 0) is 0 Å². The Morgan fingerprint density at radius 3 is 0.667 bits per heavy atom. The van der Waals surface area contributed by atoms with E-state index in [1.807, 2.05) is 133 Å². The van der Waals surface area contributed by atoms with Crippen LogP contribution < -0.4 is 0 Å². The third-order valence-corrected chi connectivity index (χ3v) is 9.17. The van der Waals surface area contributed by atoms with E-state index in [-0.39, 0.29) is 0 Å². The van der Waals surface area contributed by atoms with E-state index in [0.717, 1.165) is 55.6 Å². The number of benzene rings is 7. The number of rotatable bonds is 8. The number of aromatic nitrogens is 6. The molecule has 7 aromatic carbocycles. The molecular formula is C48H32N6. The zero-order chi connectivity index (χ0) is 36.1. The summed E-state index contributed by atoms with van der Waals surface area (Å²) in [6.07, 6.45) is 0. The predicted octanol–water partition coefficient (Wildman–Crippen LogP) is 11.4. The molecule has 0 bridgehead atoms. The maximum atomic E-state index is 5.06. The van der Waals surface area contributed by atoms with Gasteiger partial charge in [-0.2, -0.15) is 0 Å². The lowest BCUT2D eigenvalue weighted by Crippen LogP contribution is -2.00. The number of hydrogen-bond acceptors (Lipinski definition) is 6. The van der Waals surface area contributed by atoms with Gasteiger partial charge in [-0.25, -0.2) is 29.9 Å². The summed E-state index contributed by atoms with van der Waals surface area (Å²) in [4.78, 5) is 29.8. The van der Waals surface area contributed by atoms with E-state index < -0.39 is 0 Å². The molecular weight excluding hydrogens is 661 g/mol. The van der Waals surface area contributed by atoms with Crippen molar-refractivity contribution in [1.82, 2.24) is 29.9 Å². The van der Waals surface area contributed by atoms with Gasteiger partial charge in [-0.15, -0.1) is 0 Å². The Morgan fingerprint density at radius 1 is 0.167 bits per heavy atom. The van der Waals surface area contributed by atoms with Crippen molar-refractivity contribution in [2.24, 2.45) is 0 Å². The summed E-state index contributed by atoms with van der Waals surface area (Å²) in [6.45, 7) is 0. The Labute approximate surface area is 313 Å². The molecule has 0 radical (unpaired) electrons. The van der Waals surface area contributed by atoms with Crippen LogP contribution in [0.3, 0.4) is 0 Å². The first kappa shape index (κ1) is 32.5. The average Bonchev–Trinajstić information content (AvgIpc) is 3.27. The van der Waals surface area contributed by atoms with Crippen molar-refractivity contribution in [2.45, 2.75) is 0 Å². The van der Waals surface area contributed by atoms with Gasteiger partial charge < -0.3 is 0 Å². The van der Waals surface area contributed by atoms with Crippen LogP contribution in [0.25, 0.3) is 90.6 Å². The second-order valence-electron chi connectivity index (χ2n) is 12.8. The highest BCUT2D eigenvalue weighted by molar-refractivity contribution is 5.77. The molecule has 9 rings (SSSR count). The van der Waals surface area contributed by atoms with Gasteiger partial charge in [-0.1, -0.05) is 176 Å². The topological polar surface area (TPSA) is 77.3 Å². The Bertz CT molecular complexity index is 2640. The molecule has 0 saturated carbocycles. The van der Waals surface area contributed by atoms with Crippen LogP contribution in [0.5, 0.6) is 0 Å². The summed E-state index contributed by atoms with van der Waals surface area (Å²) >= 11 is 0. The van der Waals surface area contributed by atoms with E-state index in [1.165, 1.54) is 0 Å². The second kappa shape index (κ2) is 14.7. The van der Waals surface area contributed by atoms with Crippen LogP contribution in [0.1, 0.15) is 0 Å².